The number of nitrogens with zero attached hydrogens (tertiary/aromatic N) is 2. The lowest BCUT2D eigenvalue weighted by molar-refractivity contribution is 1.29. The molecule has 0 aliphatic heterocycles. The number of benzene rings is 1. The third kappa shape index (κ3) is 2.09. The van der Waals surface area contributed by atoms with Crippen molar-refractivity contribution in [2.45, 2.75) is 0 Å². The van der Waals surface area contributed by atoms with Crippen molar-refractivity contribution in [3.63, 3.8) is 0 Å². The van der Waals surface area contributed by atoms with Gasteiger partial charge in [0.2, 0.25) is 0 Å². The quantitative estimate of drug-likeness (QED) is 0.628. The van der Waals surface area contributed by atoms with Gasteiger partial charge >= 0.3 is 0 Å². The Morgan fingerprint density at radius 1 is 1.24 bits per heavy atom. The zero-order valence-corrected chi connectivity index (χ0v) is 12.4. The highest BCUT2D eigenvalue weighted by atomic mass is 127. The van der Waals surface area contributed by atoms with Crippen LogP contribution in [-0.2, 0) is 0 Å². The van der Waals surface area contributed by atoms with Gasteiger partial charge in [0, 0.05) is 19.8 Å². The van der Waals surface area contributed by atoms with Crippen LogP contribution in [0.5, 0.6) is 0 Å². The van der Waals surface area contributed by atoms with Crippen molar-refractivity contribution in [2.75, 3.05) is 0 Å². The normalized spacial score (nSPS) is 10.9. The number of rotatable bonds is 1. The first kappa shape index (κ1) is 11.2. The monoisotopic (exact) mass is 399 g/mol. The fourth-order valence-corrected chi connectivity index (χ4v) is 2.60. The molecule has 0 atom stereocenters. The van der Waals surface area contributed by atoms with E-state index in [2.05, 4.69) is 65.6 Å². The SMILES string of the molecule is Brc1ccc(I)c(-c2nc3ncccc3[nH]2)c1. The van der Waals surface area contributed by atoms with E-state index in [1.807, 2.05) is 18.2 Å². The minimum absolute atomic E-state index is 0.748. The number of halogens is 2. The number of H-pyrrole nitrogens is 1. The van der Waals surface area contributed by atoms with E-state index >= 15 is 0 Å². The number of pyridine rings is 1. The maximum atomic E-state index is 4.49. The molecule has 0 unspecified atom stereocenters. The lowest BCUT2D eigenvalue weighted by Crippen LogP contribution is -1.85. The Morgan fingerprint density at radius 3 is 2.94 bits per heavy atom. The molecular weight excluding hydrogens is 393 g/mol. The largest absolute Gasteiger partial charge is 0.337 e. The molecule has 0 amide bonds. The summed E-state index contributed by atoms with van der Waals surface area (Å²) in [6, 6.07) is 10.0. The molecule has 0 radical (unpaired) electrons. The smallest absolute Gasteiger partial charge is 0.178 e. The maximum Gasteiger partial charge on any atom is 0.178 e. The molecule has 0 saturated heterocycles. The zero-order chi connectivity index (χ0) is 11.8. The average molecular weight is 400 g/mol. The molecule has 0 aliphatic rings. The summed E-state index contributed by atoms with van der Waals surface area (Å²) < 4.78 is 2.20. The third-order valence-corrected chi connectivity index (χ3v) is 3.87. The summed E-state index contributed by atoms with van der Waals surface area (Å²) in [5.74, 6) is 0.851. The summed E-state index contributed by atoms with van der Waals surface area (Å²) in [7, 11) is 0. The van der Waals surface area contributed by atoms with Gasteiger partial charge < -0.3 is 4.98 Å². The number of fused-ring (bicyclic) bond motifs is 1. The maximum absolute atomic E-state index is 4.49. The van der Waals surface area contributed by atoms with Gasteiger partial charge in [-0.05, 0) is 52.9 Å². The molecule has 0 saturated carbocycles. The lowest BCUT2D eigenvalue weighted by Gasteiger charge is -2.01. The van der Waals surface area contributed by atoms with Gasteiger partial charge in [0.25, 0.3) is 0 Å². The van der Waals surface area contributed by atoms with E-state index in [-0.39, 0.29) is 0 Å². The summed E-state index contributed by atoms with van der Waals surface area (Å²) in [5, 5.41) is 0. The minimum Gasteiger partial charge on any atom is -0.337 e. The van der Waals surface area contributed by atoms with Crippen molar-refractivity contribution >= 4 is 49.7 Å². The molecule has 0 spiro atoms. The number of hydrogen-bond donors (Lipinski definition) is 1. The van der Waals surface area contributed by atoms with Crippen molar-refractivity contribution in [3.8, 4) is 11.4 Å². The van der Waals surface area contributed by atoms with E-state index in [1.165, 1.54) is 0 Å². The summed E-state index contributed by atoms with van der Waals surface area (Å²) in [4.78, 5) is 12.0. The van der Waals surface area contributed by atoms with Crippen molar-refractivity contribution in [3.05, 3.63) is 44.6 Å². The van der Waals surface area contributed by atoms with Crippen LogP contribution in [0.1, 0.15) is 0 Å². The highest BCUT2D eigenvalue weighted by Crippen LogP contribution is 2.27. The van der Waals surface area contributed by atoms with Crippen LogP contribution in [0.15, 0.2) is 41.0 Å². The minimum atomic E-state index is 0.748. The fourth-order valence-electron chi connectivity index (χ4n) is 1.65. The van der Waals surface area contributed by atoms with Crippen molar-refractivity contribution in [1.82, 2.24) is 15.0 Å². The second-order valence-corrected chi connectivity index (χ2v) is 5.66. The van der Waals surface area contributed by atoms with E-state index in [0.29, 0.717) is 0 Å². The first-order valence-electron chi connectivity index (χ1n) is 5.00. The van der Waals surface area contributed by atoms with Crippen molar-refractivity contribution < 1.29 is 0 Å². The molecule has 3 rings (SSSR count). The van der Waals surface area contributed by atoms with Crippen LogP contribution in [0.25, 0.3) is 22.6 Å². The summed E-state index contributed by atoms with van der Waals surface area (Å²) in [6.07, 6.45) is 1.75. The highest BCUT2D eigenvalue weighted by molar-refractivity contribution is 14.1. The van der Waals surface area contributed by atoms with E-state index in [9.17, 15) is 0 Å². The molecule has 0 bridgehead atoms. The van der Waals surface area contributed by atoms with Gasteiger partial charge in [-0.1, -0.05) is 15.9 Å². The van der Waals surface area contributed by atoms with Gasteiger partial charge in [0.05, 0.1) is 5.52 Å². The first-order valence-corrected chi connectivity index (χ1v) is 6.87. The van der Waals surface area contributed by atoms with E-state index < -0.39 is 0 Å². The predicted octanol–water partition coefficient (Wildman–Crippen LogP) is 3.99. The first-order chi connectivity index (χ1) is 8.24. The van der Waals surface area contributed by atoms with Crippen LogP contribution >= 0.6 is 38.5 Å². The standard InChI is InChI=1S/C12H7BrIN3/c13-7-3-4-9(14)8(6-7)11-16-10-2-1-5-15-12(10)17-11/h1-6H,(H,15,16,17). The molecule has 2 heterocycles. The van der Waals surface area contributed by atoms with Gasteiger partial charge in [-0.3, -0.25) is 0 Å². The average Bonchev–Trinajstić information content (AvgIpc) is 2.75. The highest BCUT2D eigenvalue weighted by Gasteiger charge is 2.09. The molecule has 84 valence electrons. The third-order valence-electron chi connectivity index (χ3n) is 2.44. The predicted molar refractivity (Wildman–Crippen MR) is 79.7 cm³/mol. The van der Waals surface area contributed by atoms with Gasteiger partial charge in [-0.25, -0.2) is 9.97 Å². The molecule has 0 aliphatic carbocycles. The van der Waals surface area contributed by atoms with E-state index in [4.69, 9.17) is 0 Å². The fraction of sp³-hybridized carbons (Fsp3) is 0. The number of aromatic nitrogens is 3. The topological polar surface area (TPSA) is 41.6 Å². The van der Waals surface area contributed by atoms with Crippen LogP contribution in [0.2, 0.25) is 0 Å². The van der Waals surface area contributed by atoms with E-state index in [0.717, 1.165) is 30.6 Å². The van der Waals surface area contributed by atoms with Crippen LogP contribution < -0.4 is 0 Å². The van der Waals surface area contributed by atoms with Gasteiger partial charge in [-0.15, -0.1) is 0 Å². The summed E-state index contributed by atoms with van der Waals surface area (Å²) in [6.45, 7) is 0. The molecule has 3 nitrogen and oxygen atoms in total. The number of hydrogen-bond acceptors (Lipinski definition) is 2. The molecule has 3 aromatic rings. The molecule has 0 fully saturated rings. The Kier molecular flexibility index (Phi) is 2.87. The molecule has 2 aromatic heterocycles. The Morgan fingerprint density at radius 2 is 2.12 bits per heavy atom. The lowest BCUT2D eigenvalue weighted by atomic mass is 10.2. The number of imidazole rings is 1. The van der Waals surface area contributed by atoms with Gasteiger partial charge in [0.15, 0.2) is 5.65 Å². The zero-order valence-electron chi connectivity index (χ0n) is 8.61. The summed E-state index contributed by atoms with van der Waals surface area (Å²) in [5.41, 5.74) is 2.79. The summed E-state index contributed by atoms with van der Waals surface area (Å²) >= 11 is 5.78. The van der Waals surface area contributed by atoms with Crippen LogP contribution in [0.3, 0.4) is 0 Å². The molecule has 1 aromatic carbocycles. The Bertz CT molecular complexity index is 660. The van der Waals surface area contributed by atoms with Gasteiger partial charge in [0.1, 0.15) is 5.82 Å². The number of aromatic amines is 1. The Hall–Kier alpha value is -0.950. The number of nitrogens with one attached hydrogen (secondary N) is 1. The Labute approximate surface area is 120 Å². The van der Waals surface area contributed by atoms with Gasteiger partial charge in [-0.2, -0.15) is 0 Å². The second-order valence-electron chi connectivity index (χ2n) is 3.58. The van der Waals surface area contributed by atoms with Crippen LogP contribution in [0, 0.1) is 3.57 Å². The second kappa shape index (κ2) is 4.38. The van der Waals surface area contributed by atoms with Crippen molar-refractivity contribution in [1.29, 1.82) is 0 Å². The molecular formula is C12H7BrIN3. The molecule has 17 heavy (non-hydrogen) atoms. The van der Waals surface area contributed by atoms with Crippen molar-refractivity contribution in [2.24, 2.45) is 0 Å². The Balaban J connectivity index is 2.23. The van der Waals surface area contributed by atoms with Crippen LogP contribution in [-0.4, -0.2) is 15.0 Å². The molecule has 5 heteroatoms. The van der Waals surface area contributed by atoms with Crippen LogP contribution in [0.4, 0.5) is 0 Å². The van der Waals surface area contributed by atoms with E-state index in [1.54, 1.807) is 6.20 Å². The molecule has 1 N–H and O–H groups in total.